The van der Waals surface area contributed by atoms with Gasteiger partial charge in [0.1, 0.15) is 0 Å². The van der Waals surface area contributed by atoms with Gasteiger partial charge >= 0.3 is 5.97 Å². The van der Waals surface area contributed by atoms with Gasteiger partial charge < -0.3 is 10.1 Å². The van der Waals surface area contributed by atoms with E-state index >= 15 is 0 Å². The Kier molecular flexibility index (Phi) is 3.28. The van der Waals surface area contributed by atoms with E-state index in [0.29, 0.717) is 22.0 Å². The lowest BCUT2D eigenvalue weighted by Crippen LogP contribution is -2.18. The Bertz CT molecular complexity index is 321. The van der Waals surface area contributed by atoms with Crippen molar-refractivity contribution >= 4 is 34.3 Å². The molecule has 5 heteroatoms. The van der Waals surface area contributed by atoms with Gasteiger partial charge in [0.25, 0.3) is 0 Å². The van der Waals surface area contributed by atoms with Crippen molar-refractivity contribution in [1.29, 1.82) is 5.41 Å². The van der Waals surface area contributed by atoms with Crippen LogP contribution in [0.1, 0.15) is 19.8 Å². The lowest BCUT2D eigenvalue weighted by Gasteiger charge is -2.08. The average Bonchev–Trinajstić information content (AvgIpc) is 2.93. The van der Waals surface area contributed by atoms with Crippen LogP contribution in [0.3, 0.4) is 0 Å². The van der Waals surface area contributed by atoms with Gasteiger partial charge in [-0.3, -0.25) is 0 Å². The first-order chi connectivity index (χ1) is 6.42. The Labute approximate surface area is 95.4 Å². The Balaban J connectivity index is 2.87. The SMILES string of the molecule is COC(=O)/C(C)=C(\I)C(=N)C1(F)CC1. The second-order valence-corrected chi connectivity index (χ2v) is 4.35. The van der Waals surface area contributed by atoms with Gasteiger partial charge in [-0.05, 0) is 42.4 Å². The third kappa shape index (κ3) is 2.13. The maximum Gasteiger partial charge on any atom is 0.334 e. The summed E-state index contributed by atoms with van der Waals surface area (Å²) in [6.07, 6.45) is 0.763. The number of esters is 1. The van der Waals surface area contributed by atoms with Crippen molar-refractivity contribution in [2.24, 2.45) is 0 Å². The van der Waals surface area contributed by atoms with Crippen LogP contribution >= 0.6 is 22.6 Å². The molecule has 0 aromatic heterocycles. The van der Waals surface area contributed by atoms with Crippen molar-refractivity contribution in [3.63, 3.8) is 0 Å². The van der Waals surface area contributed by atoms with E-state index in [-0.39, 0.29) is 5.71 Å². The van der Waals surface area contributed by atoms with E-state index in [1.54, 1.807) is 0 Å². The molecule has 1 N–H and O–H groups in total. The molecule has 3 nitrogen and oxygen atoms in total. The molecule has 1 saturated carbocycles. The molecular formula is C9H11FINO2. The van der Waals surface area contributed by atoms with Crippen LogP contribution in [-0.4, -0.2) is 24.5 Å². The van der Waals surface area contributed by atoms with Crippen molar-refractivity contribution in [1.82, 2.24) is 0 Å². The second kappa shape index (κ2) is 3.96. The van der Waals surface area contributed by atoms with Crippen molar-refractivity contribution < 1.29 is 13.9 Å². The third-order valence-corrected chi connectivity index (χ3v) is 3.53. The third-order valence-electron chi connectivity index (χ3n) is 2.18. The molecule has 1 rings (SSSR count). The monoisotopic (exact) mass is 311 g/mol. The number of ether oxygens (including phenoxy) is 1. The molecule has 0 heterocycles. The maximum atomic E-state index is 13.5. The Morgan fingerprint density at radius 3 is 2.43 bits per heavy atom. The van der Waals surface area contributed by atoms with Crippen molar-refractivity contribution in [2.45, 2.75) is 25.4 Å². The predicted octanol–water partition coefficient (Wildman–Crippen LogP) is 2.39. The molecule has 0 aromatic rings. The predicted molar refractivity (Wildman–Crippen MR) is 59.5 cm³/mol. The summed E-state index contributed by atoms with van der Waals surface area (Å²) >= 11 is 1.81. The molecule has 0 atom stereocenters. The van der Waals surface area contributed by atoms with Crippen molar-refractivity contribution in [3.05, 3.63) is 9.15 Å². The molecule has 0 bridgehead atoms. The minimum Gasteiger partial charge on any atom is -0.466 e. The van der Waals surface area contributed by atoms with Gasteiger partial charge in [0.15, 0.2) is 5.67 Å². The second-order valence-electron chi connectivity index (χ2n) is 3.27. The Hall–Kier alpha value is -0.460. The van der Waals surface area contributed by atoms with Crippen molar-refractivity contribution in [3.8, 4) is 0 Å². The Morgan fingerprint density at radius 1 is 1.57 bits per heavy atom. The topological polar surface area (TPSA) is 50.2 Å². The molecule has 0 saturated heterocycles. The molecule has 14 heavy (non-hydrogen) atoms. The van der Waals surface area contributed by atoms with Crippen LogP contribution in [0.2, 0.25) is 0 Å². The van der Waals surface area contributed by atoms with E-state index in [9.17, 15) is 9.18 Å². The summed E-state index contributed by atoms with van der Waals surface area (Å²) in [5.41, 5.74) is -1.30. The average molecular weight is 311 g/mol. The van der Waals surface area contributed by atoms with Crippen LogP contribution in [0.15, 0.2) is 9.15 Å². The zero-order valence-corrected chi connectivity index (χ0v) is 10.1. The fraction of sp³-hybridized carbons (Fsp3) is 0.556. The van der Waals surface area contributed by atoms with Gasteiger partial charge in [0.05, 0.1) is 12.8 Å². The van der Waals surface area contributed by atoms with Crippen LogP contribution in [-0.2, 0) is 9.53 Å². The fourth-order valence-electron chi connectivity index (χ4n) is 0.987. The largest absolute Gasteiger partial charge is 0.466 e. The number of rotatable bonds is 3. The summed E-state index contributed by atoms with van der Waals surface area (Å²) in [5.74, 6) is -0.511. The highest BCUT2D eigenvalue weighted by molar-refractivity contribution is 14.1. The molecule has 0 amide bonds. The molecule has 1 aliphatic carbocycles. The summed E-state index contributed by atoms with van der Waals surface area (Å²) < 4.78 is 18.3. The van der Waals surface area contributed by atoms with Crippen LogP contribution in [0.4, 0.5) is 4.39 Å². The van der Waals surface area contributed by atoms with Gasteiger partial charge in [-0.25, -0.2) is 9.18 Å². The molecular weight excluding hydrogens is 300 g/mol. The number of carbonyl (C=O) groups is 1. The Morgan fingerprint density at radius 2 is 2.07 bits per heavy atom. The number of nitrogens with one attached hydrogen (secondary N) is 1. The standard InChI is InChI=1S/C9H11FINO2/c1-5(8(13)14-2)6(11)7(12)9(10)3-4-9/h12H,3-4H2,1-2H3/b6-5-,12-7?. The lowest BCUT2D eigenvalue weighted by atomic mass is 10.1. The number of hydrogen-bond donors (Lipinski definition) is 1. The summed E-state index contributed by atoms with van der Waals surface area (Å²) in [5, 5.41) is 7.56. The molecule has 78 valence electrons. The van der Waals surface area contributed by atoms with E-state index in [4.69, 9.17) is 5.41 Å². The van der Waals surface area contributed by atoms with Crippen LogP contribution in [0.25, 0.3) is 0 Å². The van der Waals surface area contributed by atoms with E-state index in [1.165, 1.54) is 14.0 Å². The molecule has 1 aliphatic rings. The van der Waals surface area contributed by atoms with Crippen LogP contribution < -0.4 is 0 Å². The number of alkyl halides is 1. The summed E-state index contributed by atoms with van der Waals surface area (Å²) in [4.78, 5) is 11.1. The summed E-state index contributed by atoms with van der Waals surface area (Å²) in [6, 6.07) is 0. The molecule has 0 unspecified atom stereocenters. The molecule has 0 radical (unpaired) electrons. The van der Waals surface area contributed by atoms with E-state index in [2.05, 4.69) is 4.74 Å². The first-order valence-corrected chi connectivity index (χ1v) is 5.23. The first-order valence-electron chi connectivity index (χ1n) is 4.15. The summed E-state index contributed by atoms with van der Waals surface area (Å²) in [6.45, 7) is 1.54. The van der Waals surface area contributed by atoms with Gasteiger partial charge in [-0.2, -0.15) is 0 Å². The molecule has 1 fully saturated rings. The molecule has 0 spiro atoms. The summed E-state index contributed by atoms with van der Waals surface area (Å²) in [7, 11) is 1.27. The zero-order chi connectivity index (χ0) is 10.9. The zero-order valence-electron chi connectivity index (χ0n) is 7.99. The van der Waals surface area contributed by atoms with Crippen molar-refractivity contribution in [2.75, 3.05) is 7.11 Å². The van der Waals surface area contributed by atoms with Gasteiger partial charge in [0, 0.05) is 9.15 Å². The number of allylic oxidation sites excluding steroid dienone is 1. The first kappa shape index (κ1) is 11.6. The number of hydrogen-bond acceptors (Lipinski definition) is 3. The molecule has 0 aromatic carbocycles. The number of halogens is 2. The van der Waals surface area contributed by atoms with E-state index in [1.807, 2.05) is 22.6 Å². The normalized spacial score (nSPS) is 19.7. The van der Waals surface area contributed by atoms with Crippen LogP contribution in [0.5, 0.6) is 0 Å². The smallest absolute Gasteiger partial charge is 0.334 e. The fourth-order valence-corrected chi connectivity index (χ4v) is 1.69. The molecule has 0 aliphatic heterocycles. The van der Waals surface area contributed by atoms with Crippen LogP contribution in [0, 0.1) is 5.41 Å². The van der Waals surface area contributed by atoms with Gasteiger partial charge in [0.2, 0.25) is 0 Å². The van der Waals surface area contributed by atoms with E-state index < -0.39 is 11.6 Å². The highest BCUT2D eigenvalue weighted by atomic mass is 127. The van der Waals surface area contributed by atoms with Gasteiger partial charge in [-0.15, -0.1) is 0 Å². The van der Waals surface area contributed by atoms with Gasteiger partial charge in [-0.1, -0.05) is 0 Å². The minimum absolute atomic E-state index is 0.0963. The maximum absolute atomic E-state index is 13.5. The quantitative estimate of drug-likeness (QED) is 0.376. The highest BCUT2D eigenvalue weighted by Gasteiger charge is 2.48. The minimum atomic E-state index is -1.49. The highest BCUT2D eigenvalue weighted by Crippen LogP contribution is 2.44. The number of carbonyl (C=O) groups excluding carboxylic acids is 1. The number of methoxy groups -OCH3 is 1. The van der Waals surface area contributed by atoms with E-state index in [0.717, 1.165) is 0 Å². The lowest BCUT2D eigenvalue weighted by molar-refractivity contribution is -0.136.